The highest BCUT2D eigenvalue weighted by atomic mass is 32.2. The quantitative estimate of drug-likeness (QED) is 0.892. The first-order valence-corrected chi connectivity index (χ1v) is 7.57. The average molecular weight is 292 g/mol. The average Bonchev–Trinajstić information content (AvgIpc) is 2.36. The van der Waals surface area contributed by atoms with Crippen LogP contribution in [0.25, 0.3) is 0 Å². The molecule has 0 unspecified atom stereocenters. The zero-order valence-corrected chi connectivity index (χ0v) is 12.3. The molecule has 0 atom stereocenters. The molecule has 0 aliphatic rings. The number of phenols is 2. The first-order valence-electron chi connectivity index (χ1n) is 6.09. The standard InChI is InChI=1S/C15H16O4S/c1-9-5-4-6-13(15(9)17)20(18,19)14-8-12(16)10(2)7-11(14)3/h4-8,16-17H,1-3H3. The van der Waals surface area contributed by atoms with Crippen molar-refractivity contribution in [3.05, 3.63) is 47.0 Å². The Balaban J connectivity index is 2.74. The molecule has 106 valence electrons. The largest absolute Gasteiger partial charge is 0.508 e. The molecule has 0 heterocycles. The van der Waals surface area contributed by atoms with Crippen molar-refractivity contribution in [2.45, 2.75) is 30.6 Å². The Morgan fingerprint density at radius 2 is 1.50 bits per heavy atom. The maximum absolute atomic E-state index is 12.6. The Bertz CT molecular complexity index is 777. The minimum atomic E-state index is -3.87. The van der Waals surface area contributed by atoms with Crippen LogP contribution in [0.1, 0.15) is 16.7 Å². The van der Waals surface area contributed by atoms with Gasteiger partial charge in [0.15, 0.2) is 0 Å². The molecular formula is C15H16O4S. The van der Waals surface area contributed by atoms with Gasteiger partial charge in [-0.3, -0.25) is 0 Å². The summed E-state index contributed by atoms with van der Waals surface area (Å²) in [4.78, 5) is -0.148. The van der Waals surface area contributed by atoms with E-state index in [-0.39, 0.29) is 21.3 Å². The van der Waals surface area contributed by atoms with Crippen molar-refractivity contribution in [1.29, 1.82) is 0 Å². The lowest BCUT2D eigenvalue weighted by molar-refractivity contribution is 0.454. The first-order chi connectivity index (χ1) is 9.25. The van der Waals surface area contributed by atoms with Gasteiger partial charge in [-0.25, -0.2) is 8.42 Å². The van der Waals surface area contributed by atoms with Crippen molar-refractivity contribution in [3.63, 3.8) is 0 Å². The van der Waals surface area contributed by atoms with Crippen molar-refractivity contribution in [1.82, 2.24) is 0 Å². The molecule has 5 heteroatoms. The Morgan fingerprint density at radius 3 is 2.15 bits per heavy atom. The molecule has 0 aromatic heterocycles. The molecular weight excluding hydrogens is 276 g/mol. The number of sulfone groups is 1. The Morgan fingerprint density at radius 1 is 0.850 bits per heavy atom. The maximum atomic E-state index is 12.6. The van der Waals surface area contributed by atoms with E-state index in [0.717, 1.165) is 0 Å². The highest BCUT2D eigenvalue weighted by Crippen LogP contribution is 2.34. The van der Waals surface area contributed by atoms with E-state index in [2.05, 4.69) is 0 Å². The summed E-state index contributed by atoms with van der Waals surface area (Å²) in [6.07, 6.45) is 0. The zero-order chi connectivity index (χ0) is 15.1. The molecule has 0 bridgehead atoms. The highest BCUT2D eigenvalue weighted by molar-refractivity contribution is 7.91. The van der Waals surface area contributed by atoms with Crippen LogP contribution in [0.2, 0.25) is 0 Å². The molecule has 2 aromatic carbocycles. The molecule has 0 radical (unpaired) electrons. The van der Waals surface area contributed by atoms with E-state index >= 15 is 0 Å². The number of rotatable bonds is 2. The molecule has 2 aromatic rings. The summed E-state index contributed by atoms with van der Waals surface area (Å²) in [6, 6.07) is 7.39. The third kappa shape index (κ3) is 2.25. The highest BCUT2D eigenvalue weighted by Gasteiger charge is 2.25. The zero-order valence-electron chi connectivity index (χ0n) is 11.5. The molecule has 0 saturated heterocycles. The van der Waals surface area contributed by atoms with E-state index < -0.39 is 9.84 Å². The third-order valence-corrected chi connectivity index (χ3v) is 5.20. The number of hydrogen-bond donors (Lipinski definition) is 2. The number of aryl methyl sites for hydroxylation is 3. The Hall–Kier alpha value is -2.01. The SMILES string of the molecule is Cc1cc(C)c(S(=O)(=O)c2cccc(C)c2O)cc1O. The number of hydrogen-bond acceptors (Lipinski definition) is 4. The summed E-state index contributed by atoms with van der Waals surface area (Å²) >= 11 is 0. The van der Waals surface area contributed by atoms with E-state index in [1.54, 1.807) is 39.0 Å². The van der Waals surface area contributed by atoms with Gasteiger partial charge in [0.2, 0.25) is 9.84 Å². The lowest BCUT2D eigenvalue weighted by Gasteiger charge is -2.12. The monoisotopic (exact) mass is 292 g/mol. The first kappa shape index (κ1) is 14.4. The predicted octanol–water partition coefficient (Wildman–Crippen LogP) is 2.86. The van der Waals surface area contributed by atoms with Crippen LogP contribution in [-0.4, -0.2) is 18.6 Å². The number of aromatic hydroxyl groups is 2. The van der Waals surface area contributed by atoms with Crippen molar-refractivity contribution in [2.24, 2.45) is 0 Å². The van der Waals surface area contributed by atoms with Gasteiger partial charge in [-0.1, -0.05) is 18.2 Å². The number of phenolic OH excluding ortho intramolecular Hbond substituents is 2. The smallest absolute Gasteiger partial charge is 0.210 e. The third-order valence-electron chi connectivity index (χ3n) is 3.27. The van der Waals surface area contributed by atoms with Gasteiger partial charge in [-0.05, 0) is 49.6 Å². The minimum absolute atomic E-state index is 0.00139. The lowest BCUT2D eigenvalue weighted by atomic mass is 10.1. The summed E-state index contributed by atoms with van der Waals surface area (Å²) in [5.41, 5.74) is 1.62. The topological polar surface area (TPSA) is 74.6 Å². The van der Waals surface area contributed by atoms with Gasteiger partial charge in [-0.2, -0.15) is 0 Å². The van der Waals surface area contributed by atoms with E-state index in [1.807, 2.05) is 0 Å². The normalized spacial score (nSPS) is 11.6. The van der Waals surface area contributed by atoms with Crippen molar-refractivity contribution in [2.75, 3.05) is 0 Å². The van der Waals surface area contributed by atoms with Crippen LogP contribution in [-0.2, 0) is 9.84 Å². The summed E-state index contributed by atoms with van der Waals surface area (Å²) in [5, 5.41) is 19.7. The Labute approximate surface area is 118 Å². The van der Waals surface area contributed by atoms with Gasteiger partial charge in [0.05, 0.1) is 4.90 Å². The summed E-state index contributed by atoms with van der Waals surface area (Å²) < 4.78 is 25.2. The molecule has 0 aliphatic carbocycles. The molecule has 0 saturated carbocycles. The van der Waals surface area contributed by atoms with Crippen LogP contribution in [0.4, 0.5) is 0 Å². The van der Waals surface area contributed by atoms with E-state index in [1.165, 1.54) is 12.1 Å². The van der Waals surface area contributed by atoms with Crippen LogP contribution in [0.3, 0.4) is 0 Å². The fourth-order valence-electron chi connectivity index (χ4n) is 2.08. The minimum Gasteiger partial charge on any atom is -0.508 e. The summed E-state index contributed by atoms with van der Waals surface area (Å²) in [7, 11) is -3.87. The fourth-order valence-corrected chi connectivity index (χ4v) is 3.74. The predicted molar refractivity (Wildman–Crippen MR) is 75.9 cm³/mol. The molecule has 4 nitrogen and oxygen atoms in total. The lowest BCUT2D eigenvalue weighted by Crippen LogP contribution is -2.05. The van der Waals surface area contributed by atoms with Crippen LogP contribution >= 0.6 is 0 Å². The second kappa shape index (κ2) is 4.83. The van der Waals surface area contributed by atoms with Gasteiger partial charge < -0.3 is 10.2 Å². The van der Waals surface area contributed by atoms with E-state index in [9.17, 15) is 18.6 Å². The Kier molecular flexibility index (Phi) is 3.48. The number of para-hydroxylation sites is 1. The van der Waals surface area contributed by atoms with Gasteiger partial charge >= 0.3 is 0 Å². The molecule has 20 heavy (non-hydrogen) atoms. The van der Waals surface area contributed by atoms with Gasteiger partial charge in [0.1, 0.15) is 16.4 Å². The molecule has 0 aliphatic heterocycles. The fraction of sp³-hybridized carbons (Fsp3) is 0.200. The molecule has 2 N–H and O–H groups in total. The van der Waals surface area contributed by atoms with Crippen LogP contribution < -0.4 is 0 Å². The van der Waals surface area contributed by atoms with Gasteiger partial charge in [0, 0.05) is 0 Å². The molecule has 0 amide bonds. The van der Waals surface area contributed by atoms with Crippen molar-refractivity contribution >= 4 is 9.84 Å². The van der Waals surface area contributed by atoms with Gasteiger partial charge in [-0.15, -0.1) is 0 Å². The maximum Gasteiger partial charge on any atom is 0.210 e. The van der Waals surface area contributed by atoms with Crippen LogP contribution in [0, 0.1) is 20.8 Å². The molecule has 2 rings (SSSR count). The second-order valence-corrected chi connectivity index (χ2v) is 6.72. The van der Waals surface area contributed by atoms with E-state index in [4.69, 9.17) is 0 Å². The van der Waals surface area contributed by atoms with Crippen LogP contribution in [0.15, 0.2) is 40.1 Å². The van der Waals surface area contributed by atoms with Crippen molar-refractivity contribution < 1.29 is 18.6 Å². The second-order valence-electron chi connectivity index (χ2n) is 4.83. The summed E-state index contributed by atoms with van der Waals surface area (Å²) in [5.74, 6) is -0.340. The van der Waals surface area contributed by atoms with Crippen molar-refractivity contribution in [3.8, 4) is 11.5 Å². The summed E-state index contributed by atoms with van der Waals surface area (Å²) in [6.45, 7) is 4.99. The number of benzene rings is 2. The van der Waals surface area contributed by atoms with Crippen LogP contribution in [0.5, 0.6) is 11.5 Å². The molecule has 0 spiro atoms. The molecule has 0 fully saturated rings. The van der Waals surface area contributed by atoms with Gasteiger partial charge in [0.25, 0.3) is 0 Å². The van der Waals surface area contributed by atoms with E-state index in [0.29, 0.717) is 16.7 Å².